The van der Waals surface area contributed by atoms with E-state index >= 15 is 0 Å². The molecule has 2 amide bonds. The van der Waals surface area contributed by atoms with Crippen LogP contribution in [-0.2, 0) is 9.59 Å². The van der Waals surface area contributed by atoms with Gasteiger partial charge in [-0.05, 0) is 30.7 Å². The standard InChI is InChI=1S/C19H15Cl6NO3/c1-2-3-8-29-10-6-4-9(5-7-10)26-15(27)11-12(16(26)28)18(23)14(21)13(20)17(11,22)19(18,24)25/h4-7,11-12H,2-3,8H2,1H3/t11-,12+,17-,18-/m1/s1. The number of nitrogens with zero attached hydrogens (tertiary/aromatic N) is 1. The fourth-order valence-electron chi connectivity index (χ4n) is 4.28. The fraction of sp³-hybridized carbons (Fsp3) is 0.474. The largest absolute Gasteiger partial charge is 0.494 e. The van der Waals surface area contributed by atoms with E-state index in [-0.39, 0.29) is 10.1 Å². The number of alkyl halides is 4. The zero-order chi connectivity index (χ0) is 21.4. The van der Waals surface area contributed by atoms with Crippen LogP contribution in [0.4, 0.5) is 5.69 Å². The first kappa shape index (κ1) is 21.9. The highest BCUT2D eigenvalue weighted by Gasteiger charge is 2.87. The molecule has 0 spiro atoms. The quantitative estimate of drug-likeness (QED) is 0.281. The molecule has 1 saturated heterocycles. The number of fused-ring (bicyclic) bond motifs is 5. The molecule has 0 aromatic heterocycles. The maximum atomic E-state index is 13.3. The molecule has 4 nitrogen and oxygen atoms in total. The van der Waals surface area contributed by atoms with Crippen molar-refractivity contribution in [3.05, 3.63) is 34.3 Å². The number of allylic oxidation sites excluding steroid dienone is 2. The highest BCUT2D eigenvalue weighted by atomic mass is 35.5. The van der Waals surface area contributed by atoms with Crippen molar-refractivity contribution < 1.29 is 14.3 Å². The Hall–Kier alpha value is -0.360. The number of rotatable bonds is 5. The minimum absolute atomic E-state index is 0.107. The molecule has 0 radical (unpaired) electrons. The van der Waals surface area contributed by atoms with E-state index in [4.69, 9.17) is 74.3 Å². The van der Waals surface area contributed by atoms with E-state index in [2.05, 4.69) is 6.92 Å². The Balaban J connectivity index is 1.69. The second kappa shape index (κ2) is 7.08. The Morgan fingerprint density at radius 1 is 0.931 bits per heavy atom. The number of carbonyl (C=O) groups is 2. The van der Waals surface area contributed by atoms with E-state index < -0.39 is 37.7 Å². The monoisotopic (exact) mass is 515 g/mol. The number of hydrogen-bond acceptors (Lipinski definition) is 3. The van der Waals surface area contributed by atoms with Gasteiger partial charge in [0.15, 0.2) is 4.33 Å². The number of imide groups is 1. The number of carbonyl (C=O) groups excluding carboxylic acids is 2. The third kappa shape index (κ3) is 2.54. The summed E-state index contributed by atoms with van der Waals surface area (Å²) < 4.78 is 3.69. The first-order chi connectivity index (χ1) is 13.5. The summed E-state index contributed by atoms with van der Waals surface area (Å²) in [5, 5.41) is -0.213. The molecule has 3 aliphatic rings. The predicted octanol–water partition coefficient (Wildman–Crippen LogP) is 5.82. The number of hydrogen-bond donors (Lipinski definition) is 0. The summed E-state index contributed by atoms with van der Waals surface area (Å²) in [6.07, 6.45) is 1.94. The maximum absolute atomic E-state index is 13.3. The van der Waals surface area contributed by atoms with E-state index in [1.54, 1.807) is 24.3 Å². The van der Waals surface area contributed by atoms with Crippen molar-refractivity contribution in [1.82, 2.24) is 0 Å². The van der Waals surface area contributed by atoms with Crippen LogP contribution in [0.1, 0.15) is 19.8 Å². The van der Waals surface area contributed by atoms with Crippen LogP contribution in [0, 0.1) is 11.8 Å². The molecule has 1 aromatic carbocycles. The average Bonchev–Trinajstić information content (AvgIpc) is 3.07. The van der Waals surface area contributed by atoms with Gasteiger partial charge in [0, 0.05) is 0 Å². The zero-order valence-electron chi connectivity index (χ0n) is 15.0. The molecule has 0 unspecified atom stereocenters. The highest BCUT2D eigenvalue weighted by molar-refractivity contribution is 6.67. The second-order valence-corrected chi connectivity index (χ2v) is 10.6. The molecule has 4 atom stereocenters. The molecule has 4 rings (SSSR count). The predicted molar refractivity (Wildman–Crippen MR) is 117 cm³/mol. The first-order valence-electron chi connectivity index (χ1n) is 8.97. The van der Waals surface area contributed by atoms with Gasteiger partial charge in [-0.3, -0.25) is 9.59 Å². The van der Waals surface area contributed by atoms with Gasteiger partial charge in [0.2, 0.25) is 11.8 Å². The summed E-state index contributed by atoms with van der Waals surface area (Å²) in [5.41, 5.74) is 0.360. The summed E-state index contributed by atoms with van der Waals surface area (Å²) in [6.45, 7) is 2.65. The van der Waals surface area contributed by atoms with Gasteiger partial charge < -0.3 is 4.74 Å². The molecule has 1 aliphatic heterocycles. The minimum atomic E-state index is -1.93. The van der Waals surface area contributed by atoms with Crippen molar-refractivity contribution in [2.24, 2.45) is 11.8 Å². The minimum Gasteiger partial charge on any atom is -0.494 e. The number of benzene rings is 1. The van der Waals surface area contributed by atoms with E-state index in [9.17, 15) is 9.59 Å². The lowest BCUT2D eigenvalue weighted by Gasteiger charge is -2.34. The maximum Gasteiger partial charge on any atom is 0.240 e. The molecule has 0 N–H and O–H groups in total. The summed E-state index contributed by atoms with van der Waals surface area (Å²) in [7, 11) is 0. The van der Waals surface area contributed by atoms with Gasteiger partial charge in [-0.15, -0.1) is 23.2 Å². The third-order valence-corrected chi connectivity index (χ3v) is 10.0. The SMILES string of the molecule is CCCCOc1ccc(N2C(=O)[C@@H]3[C@H](C2=O)[C@@]2(Cl)C(Cl)=C(Cl)[C@@]3(Cl)C2(Cl)Cl)cc1. The molecular formula is C19H15Cl6NO3. The third-order valence-electron chi connectivity index (χ3n) is 5.77. The second-order valence-electron chi connectivity index (χ2n) is 7.29. The number of unbranched alkanes of at least 4 members (excludes halogenated alkanes) is 1. The number of anilines is 1. The van der Waals surface area contributed by atoms with Crippen LogP contribution in [0.2, 0.25) is 0 Å². The van der Waals surface area contributed by atoms with Crippen LogP contribution in [0.25, 0.3) is 0 Å². The lowest BCUT2D eigenvalue weighted by atomic mass is 9.84. The number of halogens is 6. The van der Waals surface area contributed by atoms with Crippen molar-refractivity contribution in [2.75, 3.05) is 11.5 Å². The molecule has 29 heavy (non-hydrogen) atoms. The molecule has 1 aromatic rings. The Bertz CT molecular complexity index is 886. The zero-order valence-corrected chi connectivity index (χ0v) is 19.6. The smallest absolute Gasteiger partial charge is 0.240 e. The van der Waals surface area contributed by atoms with Crippen LogP contribution in [0.5, 0.6) is 5.75 Å². The molecule has 2 bridgehead atoms. The van der Waals surface area contributed by atoms with Gasteiger partial charge in [-0.25, -0.2) is 4.90 Å². The molecule has 2 fully saturated rings. The fourth-order valence-corrected chi connectivity index (χ4v) is 7.20. The van der Waals surface area contributed by atoms with Crippen molar-refractivity contribution in [3.8, 4) is 5.75 Å². The van der Waals surface area contributed by atoms with Gasteiger partial charge in [0.05, 0.1) is 34.2 Å². The van der Waals surface area contributed by atoms with Crippen molar-refractivity contribution >= 4 is 87.1 Å². The Kier molecular flexibility index (Phi) is 5.34. The van der Waals surface area contributed by atoms with Crippen LogP contribution in [-0.4, -0.2) is 32.5 Å². The van der Waals surface area contributed by atoms with Gasteiger partial charge >= 0.3 is 0 Å². The summed E-state index contributed by atoms with van der Waals surface area (Å²) in [5.74, 6) is -2.80. The summed E-state index contributed by atoms with van der Waals surface area (Å²) in [6, 6.07) is 6.61. The number of amides is 2. The average molecular weight is 518 g/mol. The molecule has 156 valence electrons. The Morgan fingerprint density at radius 2 is 1.41 bits per heavy atom. The molecular weight excluding hydrogens is 503 g/mol. The lowest BCUT2D eigenvalue weighted by Crippen LogP contribution is -2.50. The molecule has 1 saturated carbocycles. The van der Waals surface area contributed by atoms with Gasteiger partial charge in [-0.2, -0.15) is 0 Å². The van der Waals surface area contributed by atoms with Crippen LogP contribution in [0.3, 0.4) is 0 Å². The summed E-state index contributed by atoms with van der Waals surface area (Å²) >= 11 is 38.9. The first-order valence-corrected chi connectivity index (χ1v) is 11.2. The highest BCUT2D eigenvalue weighted by Crippen LogP contribution is 2.77. The lowest BCUT2D eigenvalue weighted by molar-refractivity contribution is -0.123. The van der Waals surface area contributed by atoms with E-state index in [1.165, 1.54) is 0 Å². The Morgan fingerprint density at radius 3 is 1.86 bits per heavy atom. The Labute approximate surface area is 197 Å². The topological polar surface area (TPSA) is 46.6 Å². The van der Waals surface area contributed by atoms with Crippen LogP contribution in [0.15, 0.2) is 34.3 Å². The normalized spacial score (nSPS) is 34.9. The van der Waals surface area contributed by atoms with Crippen molar-refractivity contribution in [3.63, 3.8) is 0 Å². The van der Waals surface area contributed by atoms with Gasteiger partial charge in [-0.1, -0.05) is 59.7 Å². The van der Waals surface area contributed by atoms with Crippen molar-refractivity contribution in [1.29, 1.82) is 0 Å². The van der Waals surface area contributed by atoms with Crippen molar-refractivity contribution in [2.45, 2.75) is 33.8 Å². The van der Waals surface area contributed by atoms with Crippen LogP contribution >= 0.6 is 69.6 Å². The summed E-state index contributed by atoms with van der Waals surface area (Å²) in [4.78, 5) is 24.0. The molecule has 1 heterocycles. The molecule has 2 aliphatic carbocycles. The van der Waals surface area contributed by atoms with E-state index in [0.717, 1.165) is 17.7 Å². The van der Waals surface area contributed by atoms with Gasteiger partial charge in [0.1, 0.15) is 15.5 Å². The van der Waals surface area contributed by atoms with Crippen LogP contribution < -0.4 is 9.64 Å². The van der Waals surface area contributed by atoms with E-state index in [0.29, 0.717) is 18.0 Å². The van der Waals surface area contributed by atoms with E-state index in [1.807, 2.05) is 0 Å². The number of ether oxygens (including phenoxy) is 1. The van der Waals surface area contributed by atoms with Gasteiger partial charge in [0.25, 0.3) is 0 Å². The molecule has 10 heteroatoms.